The molecule has 4 aliphatic rings. The number of carbonyl (C=O) groups is 2. The topological polar surface area (TPSA) is 72.8 Å². The maximum atomic E-state index is 12.6. The molecule has 0 amide bonds. The molecule has 0 spiro atoms. The summed E-state index contributed by atoms with van der Waals surface area (Å²) in [4.78, 5) is 22.6. The smallest absolute Gasteiger partial charge is 0.377 e. The Labute approximate surface area is 133 Å². The molecule has 0 saturated heterocycles. The van der Waals surface area contributed by atoms with E-state index in [0.717, 1.165) is 32.1 Å². The van der Waals surface area contributed by atoms with E-state index in [2.05, 4.69) is 4.74 Å². The Kier molecular flexibility index (Phi) is 3.90. The molecule has 0 aromatic rings. The number of rotatable bonds is 5. The van der Waals surface area contributed by atoms with Gasteiger partial charge < -0.3 is 14.6 Å². The van der Waals surface area contributed by atoms with Crippen molar-refractivity contribution in [2.75, 3.05) is 13.2 Å². The van der Waals surface area contributed by atoms with E-state index < -0.39 is 30.1 Å². The third-order valence-electron chi connectivity index (χ3n) is 5.37. The molecule has 4 rings (SSSR count). The van der Waals surface area contributed by atoms with Crippen molar-refractivity contribution in [3.8, 4) is 0 Å². The molecular weight excluding hydrogens is 310 g/mol. The van der Waals surface area contributed by atoms with Crippen LogP contribution in [0.5, 0.6) is 0 Å². The number of esters is 2. The summed E-state index contributed by atoms with van der Waals surface area (Å²) in [5.74, 6) is -5.25. The molecule has 4 saturated carbocycles. The number of hydrogen-bond donors (Lipinski definition) is 1. The predicted octanol–water partition coefficient (Wildman–Crippen LogP) is 2.06. The minimum absolute atomic E-state index is 0.154. The van der Waals surface area contributed by atoms with Gasteiger partial charge in [0.2, 0.25) is 0 Å². The summed E-state index contributed by atoms with van der Waals surface area (Å²) in [7, 11) is 0. The molecule has 2 atom stereocenters. The van der Waals surface area contributed by atoms with Gasteiger partial charge in [0.25, 0.3) is 0 Å². The van der Waals surface area contributed by atoms with Gasteiger partial charge in [-0.3, -0.25) is 0 Å². The van der Waals surface area contributed by atoms with Crippen LogP contribution in [0.2, 0.25) is 0 Å². The summed E-state index contributed by atoms with van der Waals surface area (Å²) < 4.78 is 34.7. The Morgan fingerprint density at radius 3 is 2.30 bits per heavy atom. The van der Waals surface area contributed by atoms with Gasteiger partial charge in [0.15, 0.2) is 6.61 Å². The van der Waals surface area contributed by atoms with Crippen LogP contribution in [0.15, 0.2) is 0 Å². The van der Waals surface area contributed by atoms with Crippen molar-refractivity contribution in [3.05, 3.63) is 0 Å². The fraction of sp³-hybridized carbons (Fsp3) is 0.875. The molecule has 0 aromatic carbocycles. The van der Waals surface area contributed by atoms with Gasteiger partial charge in [-0.05, 0) is 50.4 Å². The first-order chi connectivity index (χ1) is 10.6. The summed E-state index contributed by atoms with van der Waals surface area (Å²) >= 11 is 0. The van der Waals surface area contributed by atoms with E-state index in [4.69, 9.17) is 4.74 Å². The number of hydrogen-bond acceptors (Lipinski definition) is 5. The maximum absolute atomic E-state index is 12.6. The van der Waals surface area contributed by atoms with Gasteiger partial charge in [0.05, 0.1) is 12.2 Å². The summed E-state index contributed by atoms with van der Waals surface area (Å²) in [5, 5.41) is 10.6. The summed E-state index contributed by atoms with van der Waals surface area (Å²) in [5.41, 5.74) is -0.861. The molecule has 0 radical (unpaired) electrons. The highest BCUT2D eigenvalue weighted by Gasteiger charge is 2.57. The third-order valence-corrected chi connectivity index (χ3v) is 5.37. The van der Waals surface area contributed by atoms with Crippen LogP contribution in [0.3, 0.4) is 0 Å². The Hall–Kier alpha value is -1.24. The van der Waals surface area contributed by atoms with E-state index >= 15 is 0 Å². The van der Waals surface area contributed by atoms with Gasteiger partial charge in [-0.1, -0.05) is 0 Å². The lowest BCUT2D eigenvalue weighted by molar-refractivity contribution is -0.191. The Morgan fingerprint density at radius 2 is 1.78 bits per heavy atom. The molecule has 130 valence electrons. The van der Waals surface area contributed by atoms with Crippen LogP contribution in [0.1, 0.15) is 45.4 Å². The highest BCUT2D eigenvalue weighted by atomic mass is 19.3. The van der Waals surface area contributed by atoms with Crippen LogP contribution in [0, 0.1) is 17.3 Å². The molecule has 0 aromatic heterocycles. The maximum Gasteiger partial charge on any atom is 0.377 e. The molecule has 0 aliphatic heterocycles. The minimum Gasteiger partial charge on any atom is -0.463 e. The lowest BCUT2D eigenvalue weighted by Gasteiger charge is -2.59. The monoisotopic (exact) mass is 332 g/mol. The van der Waals surface area contributed by atoms with Crippen molar-refractivity contribution in [1.82, 2.24) is 0 Å². The zero-order valence-electron chi connectivity index (χ0n) is 13.1. The van der Waals surface area contributed by atoms with E-state index in [-0.39, 0.29) is 12.0 Å². The average molecular weight is 332 g/mol. The molecule has 2 unspecified atom stereocenters. The number of carbonyl (C=O) groups excluding carboxylic acids is 2. The number of ether oxygens (including phenoxy) is 2. The first-order valence-electron chi connectivity index (χ1n) is 8.02. The number of aliphatic hydroxyl groups is 1. The Morgan fingerprint density at radius 1 is 1.17 bits per heavy atom. The summed E-state index contributed by atoms with van der Waals surface area (Å²) in [6.07, 6.45) is 5.23. The van der Waals surface area contributed by atoms with Crippen LogP contribution < -0.4 is 0 Å². The second-order valence-electron chi connectivity index (χ2n) is 7.81. The zero-order valence-corrected chi connectivity index (χ0v) is 13.1. The van der Waals surface area contributed by atoms with Gasteiger partial charge in [-0.15, -0.1) is 0 Å². The normalized spacial score (nSPS) is 38.4. The standard InChI is InChI=1S/C16H22F2O5/c1-14(17,18)13(20)22-7-12(19)23-9-15-3-10-2-11(4-15)6-16(21,5-10)8-15/h10-11,21H,2-9H2,1H3. The average Bonchev–Trinajstić information content (AvgIpc) is 2.38. The summed E-state index contributed by atoms with van der Waals surface area (Å²) in [6.45, 7) is -0.243. The quantitative estimate of drug-likeness (QED) is 0.780. The molecule has 4 aliphatic carbocycles. The van der Waals surface area contributed by atoms with E-state index in [9.17, 15) is 23.5 Å². The van der Waals surface area contributed by atoms with Crippen LogP contribution in [-0.4, -0.2) is 41.8 Å². The molecule has 23 heavy (non-hydrogen) atoms. The second-order valence-corrected chi connectivity index (χ2v) is 7.81. The van der Waals surface area contributed by atoms with Gasteiger partial charge in [0.1, 0.15) is 0 Å². The van der Waals surface area contributed by atoms with Crippen molar-refractivity contribution >= 4 is 11.9 Å². The number of alkyl halides is 2. The van der Waals surface area contributed by atoms with E-state index in [1.807, 2.05) is 0 Å². The lowest BCUT2D eigenvalue weighted by Crippen LogP contribution is -2.57. The second kappa shape index (κ2) is 5.40. The molecule has 4 fully saturated rings. The molecule has 5 nitrogen and oxygen atoms in total. The number of halogens is 2. The molecule has 0 heterocycles. The molecule has 1 N–H and O–H groups in total. The lowest BCUT2D eigenvalue weighted by atomic mass is 9.48. The molecule has 4 bridgehead atoms. The van der Waals surface area contributed by atoms with Gasteiger partial charge in [-0.25, -0.2) is 9.59 Å². The SMILES string of the molecule is CC(F)(F)C(=O)OCC(=O)OCC12CC3CC(CC(O)(C3)C1)C2. The van der Waals surface area contributed by atoms with Crippen molar-refractivity contribution in [1.29, 1.82) is 0 Å². The van der Waals surface area contributed by atoms with Crippen molar-refractivity contribution in [2.24, 2.45) is 17.3 Å². The predicted molar refractivity (Wildman–Crippen MR) is 74.6 cm³/mol. The van der Waals surface area contributed by atoms with E-state index in [0.29, 0.717) is 25.2 Å². The van der Waals surface area contributed by atoms with Crippen molar-refractivity contribution in [2.45, 2.75) is 57.0 Å². The van der Waals surface area contributed by atoms with Gasteiger partial charge in [0, 0.05) is 12.3 Å². The minimum atomic E-state index is -3.62. The van der Waals surface area contributed by atoms with Gasteiger partial charge in [-0.2, -0.15) is 8.78 Å². The largest absolute Gasteiger partial charge is 0.463 e. The third kappa shape index (κ3) is 3.49. The first kappa shape index (κ1) is 16.6. The molecule has 7 heteroatoms. The zero-order chi connectivity index (χ0) is 16.9. The van der Waals surface area contributed by atoms with Crippen LogP contribution in [-0.2, 0) is 19.1 Å². The highest BCUT2D eigenvalue weighted by Crippen LogP contribution is 2.61. The fourth-order valence-corrected chi connectivity index (χ4v) is 5.10. The fourth-order valence-electron chi connectivity index (χ4n) is 5.10. The first-order valence-corrected chi connectivity index (χ1v) is 8.02. The Balaban J connectivity index is 1.51. The van der Waals surface area contributed by atoms with Crippen LogP contribution >= 0.6 is 0 Å². The van der Waals surface area contributed by atoms with Crippen molar-refractivity contribution < 1.29 is 33.0 Å². The van der Waals surface area contributed by atoms with Crippen LogP contribution in [0.4, 0.5) is 8.78 Å². The Bertz CT molecular complexity index is 499. The molecular formula is C16H22F2O5. The van der Waals surface area contributed by atoms with Crippen LogP contribution in [0.25, 0.3) is 0 Å². The summed E-state index contributed by atoms with van der Waals surface area (Å²) in [6, 6.07) is 0. The van der Waals surface area contributed by atoms with Crippen molar-refractivity contribution in [3.63, 3.8) is 0 Å². The van der Waals surface area contributed by atoms with E-state index in [1.165, 1.54) is 0 Å². The highest BCUT2D eigenvalue weighted by molar-refractivity contribution is 5.80. The van der Waals surface area contributed by atoms with Gasteiger partial charge >= 0.3 is 17.9 Å². The van der Waals surface area contributed by atoms with E-state index in [1.54, 1.807) is 0 Å².